The van der Waals surface area contributed by atoms with Gasteiger partial charge in [-0.15, -0.1) is 5.10 Å². The summed E-state index contributed by atoms with van der Waals surface area (Å²) in [5.41, 5.74) is 2.05. The molecule has 29 heavy (non-hydrogen) atoms. The zero-order valence-electron chi connectivity index (χ0n) is 15.8. The van der Waals surface area contributed by atoms with Gasteiger partial charge in [0.05, 0.1) is 19.3 Å². The molecule has 0 aliphatic rings. The lowest BCUT2D eigenvalue weighted by Gasteiger charge is -2.12. The number of esters is 1. The van der Waals surface area contributed by atoms with E-state index in [1.807, 2.05) is 0 Å². The van der Waals surface area contributed by atoms with Crippen molar-refractivity contribution in [2.75, 3.05) is 13.7 Å². The van der Waals surface area contributed by atoms with Crippen molar-refractivity contribution in [3.63, 3.8) is 0 Å². The molecule has 150 valence electrons. The van der Waals surface area contributed by atoms with Gasteiger partial charge in [-0.2, -0.15) is 10.3 Å². The van der Waals surface area contributed by atoms with Crippen molar-refractivity contribution in [2.45, 2.75) is 13.5 Å². The molecule has 0 aliphatic heterocycles. The first-order valence-electron chi connectivity index (χ1n) is 8.74. The number of aromatic nitrogens is 3. The van der Waals surface area contributed by atoms with Crippen molar-refractivity contribution in [1.29, 1.82) is 0 Å². The fraction of sp³-hybridized carbons (Fsp3) is 0.200. The van der Waals surface area contributed by atoms with Crippen LogP contribution in [0, 0.1) is 0 Å². The molecule has 1 aromatic heterocycles. The third kappa shape index (κ3) is 4.52. The minimum absolute atomic E-state index is 0.0843. The van der Waals surface area contributed by atoms with Crippen molar-refractivity contribution in [2.24, 2.45) is 0 Å². The van der Waals surface area contributed by atoms with Crippen molar-refractivity contribution in [3.8, 4) is 22.8 Å². The summed E-state index contributed by atoms with van der Waals surface area (Å²) in [6.45, 7) is 2.17. The topological polar surface area (TPSA) is 124 Å². The number of carboxylic acid groups (broad SMARTS) is 1. The predicted molar refractivity (Wildman–Crippen MR) is 102 cm³/mol. The van der Waals surface area contributed by atoms with Gasteiger partial charge in [0.15, 0.2) is 17.2 Å². The highest BCUT2D eigenvalue weighted by Gasteiger charge is 2.20. The maximum Gasteiger partial charge on any atom is 0.361 e. The number of hydrogen-bond acceptors (Lipinski definition) is 7. The summed E-state index contributed by atoms with van der Waals surface area (Å²) in [6.07, 6.45) is 0. The molecule has 0 radical (unpaired) electrons. The predicted octanol–water partition coefficient (Wildman–Crippen LogP) is 2.93. The normalized spacial score (nSPS) is 10.4. The van der Waals surface area contributed by atoms with Gasteiger partial charge in [0.1, 0.15) is 12.3 Å². The number of aromatic carboxylic acids is 1. The molecule has 2 N–H and O–H groups in total. The lowest BCUT2D eigenvalue weighted by atomic mass is 10.1. The average molecular weight is 397 g/mol. The van der Waals surface area contributed by atoms with Crippen molar-refractivity contribution in [1.82, 2.24) is 15.4 Å². The van der Waals surface area contributed by atoms with E-state index >= 15 is 0 Å². The summed E-state index contributed by atoms with van der Waals surface area (Å²) in [4.78, 5) is 22.9. The summed E-state index contributed by atoms with van der Waals surface area (Å²) in [5, 5.41) is 19.3. The highest BCUT2D eigenvalue weighted by molar-refractivity contribution is 5.94. The van der Waals surface area contributed by atoms with E-state index in [4.69, 9.17) is 19.3 Å². The summed E-state index contributed by atoms with van der Waals surface area (Å²) >= 11 is 0. The van der Waals surface area contributed by atoms with E-state index in [9.17, 15) is 9.59 Å². The molecule has 1 heterocycles. The Bertz CT molecular complexity index is 1010. The zero-order valence-corrected chi connectivity index (χ0v) is 15.8. The second-order valence-corrected chi connectivity index (χ2v) is 5.90. The van der Waals surface area contributed by atoms with E-state index in [0.717, 1.165) is 5.56 Å². The number of benzene rings is 2. The van der Waals surface area contributed by atoms with E-state index in [1.165, 1.54) is 19.2 Å². The minimum atomic E-state index is -0.982. The fourth-order valence-corrected chi connectivity index (χ4v) is 2.61. The zero-order chi connectivity index (χ0) is 20.8. The second kappa shape index (κ2) is 8.87. The molecule has 0 saturated heterocycles. The number of carbonyl (C=O) groups is 2. The van der Waals surface area contributed by atoms with Crippen LogP contribution in [0.3, 0.4) is 0 Å². The molecule has 0 aliphatic carbocycles. The van der Waals surface area contributed by atoms with Crippen LogP contribution >= 0.6 is 0 Å². The van der Waals surface area contributed by atoms with Crippen molar-refractivity contribution in [3.05, 3.63) is 59.3 Å². The van der Waals surface area contributed by atoms with Crippen LogP contribution in [-0.4, -0.2) is 46.2 Å². The molecule has 0 amide bonds. The molecule has 9 heteroatoms. The van der Waals surface area contributed by atoms with Gasteiger partial charge < -0.3 is 19.3 Å². The molecule has 9 nitrogen and oxygen atoms in total. The fourth-order valence-electron chi connectivity index (χ4n) is 2.61. The number of hydrogen-bond donors (Lipinski definition) is 2. The molecule has 0 unspecified atom stereocenters. The Morgan fingerprint density at radius 3 is 2.48 bits per heavy atom. The van der Waals surface area contributed by atoms with Crippen LogP contribution in [-0.2, 0) is 11.3 Å². The van der Waals surface area contributed by atoms with Gasteiger partial charge in [0, 0.05) is 5.56 Å². The number of nitrogens with one attached hydrogen (secondary N) is 1. The molecule has 3 aromatic rings. The third-order valence-electron chi connectivity index (χ3n) is 4.05. The Kier molecular flexibility index (Phi) is 6.08. The molecule has 2 aromatic carbocycles. The number of methoxy groups -OCH3 is 1. The summed E-state index contributed by atoms with van der Waals surface area (Å²) in [5.74, 6) is -0.618. The molecule has 0 bridgehead atoms. The van der Waals surface area contributed by atoms with Gasteiger partial charge in [-0.1, -0.05) is 12.1 Å². The highest BCUT2D eigenvalue weighted by atomic mass is 16.5. The lowest BCUT2D eigenvalue weighted by molar-refractivity contribution is 0.0519. The lowest BCUT2D eigenvalue weighted by Crippen LogP contribution is -2.07. The van der Waals surface area contributed by atoms with Crippen LogP contribution in [0.25, 0.3) is 11.3 Å². The standard InChI is InChI=1S/C20H19N3O6/c1-3-28-20(26)18-17(21-23-22-18)14-8-9-15(16(10-14)27-2)29-11-12-4-6-13(7-5-12)19(24)25/h4-10H,3,11H2,1-2H3,(H,24,25)(H,21,22,23). The van der Waals surface area contributed by atoms with Gasteiger partial charge in [0.2, 0.25) is 0 Å². The Balaban J connectivity index is 1.78. The monoisotopic (exact) mass is 397 g/mol. The number of carboxylic acids is 1. The number of nitrogens with zero attached hydrogens (tertiary/aromatic N) is 2. The molecular formula is C20H19N3O6. The van der Waals surface area contributed by atoms with Crippen LogP contribution in [0.2, 0.25) is 0 Å². The number of aromatic amines is 1. The third-order valence-corrected chi connectivity index (χ3v) is 4.05. The number of carbonyl (C=O) groups excluding carboxylic acids is 1. The smallest absolute Gasteiger partial charge is 0.361 e. The van der Waals surface area contributed by atoms with Gasteiger partial charge in [-0.05, 0) is 42.8 Å². The van der Waals surface area contributed by atoms with Crippen molar-refractivity contribution >= 4 is 11.9 Å². The minimum Gasteiger partial charge on any atom is -0.493 e. The van der Waals surface area contributed by atoms with Gasteiger partial charge in [0.25, 0.3) is 0 Å². The van der Waals surface area contributed by atoms with Crippen LogP contribution in [0.15, 0.2) is 42.5 Å². The van der Waals surface area contributed by atoms with E-state index in [-0.39, 0.29) is 24.5 Å². The summed E-state index contributed by atoms with van der Waals surface area (Å²) in [7, 11) is 1.50. The quantitative estimate of drug-likeness (QED) is 0.556. The first-order chi connectivity index (χ1) is 14.0. The Labute approximate surface area is 166 Å². The Morgan fingerprint density at radius 1 is 1.07 bits per heavy atom. The largest absolute Gasteiger partial charge is 0.493 e. The highest BCUT2D eigenvalue weighted by Crippen LogP contribution is 2.33. The number of ether oxygens (including phenoxy) is 3. The maximum atomic E-state index is 12.0. The van der Waals surface area contributed by atoms with E-state index in [1.54, 1.807) is 37.3 Å². The summed E-state index contributed by atoms with van der Waals surface area (Å²) in [6, 6.07) is 11.5. The van der Waals surface area contributed by atoms with Crippen LogP contribution in [0.5, 0.6) is 11.5 Å². The molecule has 0 saturated carbocycles. The van der Waals surface area contributed by atoms with Gasteiger partial charge >= 0.3 is 11.9 Å². The van der Waals surface area contributed by atoms with Crippen LogP contribution in [0.1, 0.15) is 33.3 Å². The molecule has 0 spiro atoms. The molecule has 3 rings (SSSR count). The Morgan fingerprint density at radius 2 is 1.83 bits per heavy atom. The SMILES string of the molecule is CCOC(=O)c1n[nH]nc1-c1ccc(OCc2ccc(C(=O)O)cc2)c(OC)c1. The molecular weight excluding hydrogens is 378 g/mol. The molecule has 0 atom stereocenters. The second-order valence-electron chi connectivity index (χ2n) is 5.90. The van der Waals surface area contributed by atoms with Crippen LogP contribution in [0.4, 0.5) is 0 Å². The van der Waals surface area contributed by atoms with Crippen molar-refractivity contribution < 1.29 is 28.9 Å². The molecule has 0 fully saturated rings. The first-order valence-corrected chi connectivity index (χ1v) is 8.74. The number of rotatable bonds is 8. The number of H-pyrrole nitrogens is 1. The van der Waals surface area contributed by atoms with E-state index in [0.29, 0.717) is 22.8 Å². The van der Waals surface area contributed by atoms with Gasteiger partial charge in [-0.25, -0.2) is 9.59 Å². The summed E-state index contributed by atoms with van der Waals surface area (Å²) < 4.78 is 16.2. The average Bonchev–Trinajstić information content (AvgIpc) is 3.22. The van der Waals surface area contributed by atoms with E-state index in [2.05, 4.69) is 15.4 Å². The maximum absolute atomic E-state index is 12.0. The Hall–Kier alpha value is -3.88. The first kappa shape index (κ1) is 19.9. The van der Waals surface area contributed by atoms with Gasteiger partial charge in [-0.3, -0.25) is 0 Å². The van der Waals surface area contributed by atoms with E-state index < -0.39 is 11.9 Å². The van der Waals surface area contributed by atoms with Crippen LogP contribution < -0.4 is 9.47 Å².